The topological polar surface area (TPSA) is 99.0 Å². The van der Waals surface area contributed by atoms with Gasteiger partial charge in [-0.15, -0.1) is 0 Å². The smallest absolute Gasteiger partial charge is 0.293 e. The van der Waals surface area contributed by atoms with Crippen molar-refractivity contribution in [2.45, 2.75) is 20.0 Å². The summed E-state index contributed by atoms with van der Waals surface area (Å²) in [4.78, 5) is 36.9. The number of imide groups is 1. The van der Waals surface area contributed by atoms with Gasteiger partial charge >= 0.3 is 0 Å². The van der Waals surface area contributed by atoms with E-state index in [1.807, 2.05) is 37.3 Å². The van der Waals surface area contributed by atoms with Crippen LogP contribution in [-0.2, 0) is 11.4 Å². The molecule has 3 rings (SSSR count). The van der Waals surface area contributed by atoms with Crippen molar-refractivity contribution in [3.63, 3.8) is 0 Å². The molecule has 30 heavy (non-hydrogen) atoms. The average Bonchev–Trinajstić information content (AvgIpc) is 3.00. The Labute approximate surface area is 177 Å². The van der Waals surface area contributed by atoms with Gasteiger partial charge in [0.15, 0.2) is 11.5 Å². The third kappa shape index (κ3) is 4.62. The van der Waals surface area contributed by atoms with E-state index >= 15 is 0 Å². The number of methoxy groups -OCH3 is 1. The number of hydrogen-bond donors (Lipinski definition) is 0. The van der Waals surface area contributed by atoms with E-state index in [1.54, 1.807) is 0 Å². The van der Waals surface area contributed by atoms with Gasteiger partial charge < -0.3 is 9.47 Å². The maximum atomic E-state index is 12.5. The summed E-state index contributed by atoms with van der Waals surface area (Å²) in [6, 6.07) is 12.1. The lowest BCUT2D eigenvalue weighted by atomic mass is 10.1. The molecule has 0 N–H and O–H groups in total. The Hall–Kier alpha value is -3.33. The summed E-state index contributed by atoms with van der Waals surface area (Å²) in [5.74, 6) is 0.0457. The first-order valence-corrected chi connectivity index (χ1v) is 10.0. The van der Waals surface area contributed by atoms with E-state index in [2.05, 4.69) is 0 Å². The number of ether oxygens (including phenoxy) is 2. The summed E-state index contributed by atoms with van der Waals surface area (Å²) in [6.45, 7) is 2.38. The standard InChI is InChI=1S/C21H20N2O6S/c1-3-9-22-20(24)19(30-21(22)25)11-15-10-17(28-2)18(12-16(15)23(26)27)29-13-14-7-5-4-6-8-14/h4-8,10-12H,3,9,13H2,1-2H3/b19-11+. The summed E-state index contributed by atoms with van der Waals surface area (Å²) >= 11 is 0.766. The maximum Gasteiger partial charge on any atom is 0.293 e. The van der Waals surface area contributed by atoms with Gasteiger partial charge in [-0.2, -0.15) is 0 Å². The summed E-state index contributed by atoms with van der Waals surface area (Å²) in [5, 5.41) is 11.3. The van der Waals surface area contributed by atoms with E-state index in [1.165, 1.54) is 25.3 Å². The zero-order valence-corrected chi connectivity index (χ0v) is 17.3. The molecule has 2 aromatic carbocycles. The number of amides is 2. The molecule has 1 aliphatic heterocycles. The van der Waals surface area contributed by atoms with Gasteiger partial charge in [-0.25, -0.2) is 0 Å². The molecule has 0 unspecified atom stereocenters. The predicted octanol–water partition coefficient (Wildman–Crippen LogP) is 4.63. The third-order valence-electron chi connectivity index (χ3n) is 4.35. The van der Waals surface area contributed by atoms with Crippen molar-refractivity contribution in [1.82, 2.24) is 4.90 Å². The van der Waals surface area contributed by atoms with E-state index < -0.39 is 10.8 Å². The number of carbonyl (C=O) groups excluding carboxylic acids is 2. The number of carbonyl (C=O) groups is 2. The van der Waals surface area contributed by atoms with Gasteiger partial charge in [-0.1, -0.05) is 37.3 Å². The molecule has 0 aromatic heterocycles. The van der Waals surface area contributed by atoms with Crippen LogP contribution in [0.5, 0.6) is 11.5 Å². The van der Waals surface area contributed by atoms with Crippen molar-refractivity contribution >= 4 is 34.7 Å². The van der Waals surface area contributed by atoms with E-state index in [9.17, 15) is 19.7 Å². The molecule has 0 saturated carbocycles. The number of benzene rings is 2. The van der Waals surface area contributed by atoms with Gasteiger partial charge in [0.1, 0.15) is 6.61 Å². The Bertz CT molecular complexity index is 1010. The highest BCUT2D eigenvalue weighted by Gasteiger charge is 2.35. The zero-order valence-electron chi connectivity index (χ0n) is 16.5. The fourth-order valence-electron chi connectivity index (χ4n) is 2.90. The number of nitro benzene ring substituents is 1. The van der Waals surface area contributed by atoms with Crippen LogP contribution in [0.15, 0.2) is 47.4 Å². The quantitative estimate of drug-likeness (QED) is 0.343. The lowest BCUT2D eigenvalue weighted by Crippen LogP contribution is -2.28. The molecule has 9 heteroatoms. The van der Waals surface area contributed by atoms with Crippen LogP contribution in [0.3, 0.4) is 0 Å². The molecule has 0 atom stereocenters. The minimum Gasteiger partial charge on any atom is -0.493 e. The van der Waals surface area contributed by atoms with E-state index in [4.69, 9.17) is 9.47 Å². The highest BCUT2D eigenvalue weighted by atomic mass is 32.2. The number of thioether (sulfide) groups is 1. The molecule has 1 saturated heterocycles. The van der Waals surface area contributed by atoms with Gasteiger partial charge in [0.05, 0.1) is 28.6 Å². The highest BCUT2D eigenvalue weighted by molar-refractivity contribution is 8.18. The van der Waals surface area contributed by atoms with Crippen molar-refractivity contribution in [1.29, 1.82) is 0 Å². The van der Waals surface area contributed by atoms with Crippen molar-refractivity contribution < 1.29 is 24.0 Å². The van der Waals surface area contributed by atoms with E-state index in [0.29, 0.717) is 13.0 Å². The Morgan fingerprint density at radius 3 is 2.53 bits per heavy atom. The molecule has 0 bridgehead atoms. The minimum absolute atomic E-state index is 0.136. The van der Waals surface area contributed by atoms with Crippen LogP contribution in [0, 0.1) is 10.1 Å². The molecule has 1 aliphatic rings. The molecule has 2 aromatic rings. The van der Waals surface area contributed by atoms with Crippen LogP contribution < -0.4 is 9.47 Å². The van der Waals surface area contributed by atoms with Crippen LogP contribution in [0.4, 0.5) is 10.5 Å². The average molecular weight is 428 g/mol. The zero-order chi connectivity index (χ0) is 21.7. The first kappa shape index (κ1) is 21.4. The molecule has 0 aliphatic carbocycles. The summed E-state index contributed by atoms with van der Waals surface area (Å²) in [5.41, 5.74) is 0.808. The maximum absolute atomic E-state index is 12.5. The number of rotatable bonds is 8. The molecule has 1 heterocycles. The second kappa shape index (κ2) is 9.45. The monoisotopic (exact) mass is 428 g/mol. The third-order valence-corrected chi connectivity index (χ3v) is 5.26. The van der Waals surface area contributed by atoms with Crippen LogP contribution in [-0.4, -0.2) is 34.6 Å². The largest absolute Gasteiger partial charge is 0.493 e. The Balaban J connectivity index is 1.94. The molecule has 156 valence electrons. The SMILES string of the molecule is CCCN1C(=O)S/C(=C/c2cc(OC)c(OCc3ccccc3)cc2[N+](=O)[O-])C1=O. The molecular weight excluding hydrogens is 408 g/mol. The van der Waals surface area contributed by atoms with Crippen LogP contribution in [0.25, 0.3) is 6.08 Å². The number of nitro groups is 1. The predicted molar refractivity (Wildman–Crippen MR) is 113 cm³/mol. The van der Waals surface area contributed by atoms with Gasteiger partial charge in [-0.3, -0.25) is 24.6 Å². The summed E-state index contributed by atoms with van der Waals surface area (Å²) in [7, 11) is 1.43. The van der Waals surface area contributed by atoms with Gasteiger partial charge in [0.2, 0.25) is 0 Å². The normalized spacial score (nSPS) is 15.0. The first-order valence-electron chi connectivity index (χ1n) is 9.23. The first-order chi connectivity index (χ1) is 14.4. The number of nitrogens with zero attached hydrogens (tertiary/aromatic N) is 2. The molecule has 0 radical (unpaired) electrons. The van der Waals surface area contributed by atoms with Crippen LogP contribution >= 0.6 is 11.8 Å². The molecule has 2 amide bonds. The van der Waals surface area contributed by atoms with Gasteiger partial charge in [-0.05, 0) is 35.9 Å². The van der Waals surface area contributed by atoms with Crippen molar-refractivity contribution in [3.8, 4) is 11.5 Å². The van der Waals surface area contributed by atoms with Crippen LogP contribution in [0.2, 0.25) is 0 Å². The van der Waals surface area contributed by atoms with Gasteiger partial charge in [0, 0.05) is 6.54 Å². The van der Waals surface area contributed by atoms with Crippen molar-refractivity contribution in [2.75, 3.05) is 13.7 Å². The molecule has 1 fully saturated rings. The molecular formula is C21H20N2O6S. The summed E-state index contributed by atoms with van der Waals surface area (Å²) < 4.78 is 11.1. The van der Waals surface area contributed by atoms with Crippen LogP contribution in [0.1, 0.15) is 24.5 Å². The second-order valence-corrected chi connectivity index (χ2v) is 7.42. The lowest BCUT2D eigenvalue weighted by Gasteiger charge is -2.12. The lowest BCUT2D eigenvalue weighted by molar-refractivity contribution is -0.385. The molecule has 0 spiro atoms. The van der Waals surface area contributed by atoms with Crippen molar-refractivity contribution in [3.05, 3.63) is 68.6 Å². The Kier molecular flexibility index (Phi) is 6.73. The minimum atomic E-state index is -0.559. The molecule has 8 nitrogen and oxygen atoms in total. The highest BCUT2D eigenvalue weighted by Crippen LogP contribution is 2.39. The fourth-order valence-corrected chi connectivity index (χ4v) is 3.76. The van der Waals surface area contributed by atoms with Gasteiger partial charge in [0.25, 0.3) is 16.8 Å². The fraction of sp³-hybridized carbons (Fsp3) is 0.238. The Morgan fingerprint density at radius 1 is 1.17 bits per heavy atom. The van der Waals surface area contributed by atoms with Crippen molar-refractivity contribution in [2.24, 2.45) is 0 Å². The second-order valence-electron chi connectivity index (χ2n) is 6.43. The van der Waals surface area contributed by atoms with E-state index in [0.717, 1.165) is 22.2 Å². The Morgan fingerprint density at radius 2 is 1.90 bits per heavy atom. The number of hydrogen-bond acceptors (Lipinski definition) is 7. The summed E-state index contributed by atoms with van der Waals surface area (Å²) in [6.07, 6.45) is 1.98. The van der Waals surface area contributed by atoms with E-state index in [-0.39, 0.29) is 39.5 Å².